The zero-order valence-corrected chi connectivity index (χ0v) is 11.3. The molecule has 0 fully saturated rings. The van der Waals surface area contributed by atoms with Crippen LogP contribution >= 0.6 is 0 Å². The first-order chi connectivity index (χ1) is 9.08. The number of pyridine rings is 1. The normalized spacial score (nSPS) is 10.7. The van der Waals surface area contributed by atoms with Crippen LogP contribution in [0.25, 0.3) is 5.82 Å². The lowest BCUT2D eigenvalue weighted by molar-refractivity contribution is 0.0694. The van der Waals surface area contributed by atoms with E-state index in [0.29, 0.717) is 35.6 Å². The zero-order valence-electron chi connectivity index (χ0n) is 11.3. The quantitative estimate of drug-likeness (QED) is 0.915. The third-order valence-electron chi connectivity index (χ3n) is 3.06. The van der Waals surface area contributed by atoms with E-state index >= 15 is 0 Å². The summed E-state index contributed by atoms with van der Waals surface area (Å²) in [5, 5.41) is 13.8. The van der Waals surface area contributed by atoms with Crippen molar-refractivity contribution >= 4 is 5.97 Å². The predicted molar refractivity (Wildman–Crippen MR) is 71.8 cm³/mol. The molecule has 0 aromatic carbocycles. The average molecular weight is 259 g/mol. The summed E-state index contributed by atoms with van der Waals surface area (Å²) in [6.45, 7) is 5.80. The number of hydrogen-bond donors (Lipinski definition) is 1. The Morgan fingerprint density at radius 3 is 2.63 bits per heavy atom. The number of carboxylic acid groups (broad SMARTS) is 1. The van der Waals surface area contributed by atoms with Crippen LogP contribution in [0.2, 0.25) is 0 Å². The average Bonchev–Trinajstić information content (AvgIpc) is 2.77. The van der Waals surface area contributed by atoms with Crippen molar-refractivity contribution in [1.82, 2.24) is 14.8 Å². The van der Waals surface area contributed by atoms with Crippen LogP contribution in [0.3, 0.4) is 0 Å². The molecule has 0 aliphatic heterocycles. The van der Waals surface area contributed by atoms with Crippen molar-refractivity contribution in [3.8, 4) is 5.82 Å². The smallest absolute Gasteiger partial charge is 0.339 e. The number of aryl methyl sites for hydroxylation is 2. The summed E-state index contributed by atoms with van der Waals surface area (Å²) in [7, 11) is 0. The fraction of sp³-hybridized carbons (Fsp3) is 0.357. The maximum atomic E-state index is 11.4. The molecule has 19 heavy (non-hydrogen) atoms. The van der Waals surface area contributed by atoms with Gasteiger partial charge in [-0.05, 0) is 37.5 Å². The molecular formula is C14H17N3O2. The van der Waals surface area contributed by atoms with E-state index in [-0.39, 0.29) is 0 Å². The number of carbonyl (C=O) groups is 1. The van der Waals surface area contributed by atoms with Gasteiger partial charge in [-0.15, -0.1) is 0 Å². The summed E-state index contributed by atoms with van der Waals surface area (Å²) >= 11 is 0. The van der Waals surface area contributed by atoms with Gasteiger partial charge < -0.3 is 5.11 Å². The lowest BCUT2D eigenvalue weighted by Gasteiger charge is -2.06. The van der Waals surface area contributed by atoms with Gasteiger partial charge in [-0.3, -0.25) is 0 Å². The second-order valence-corrected chi connectivity index (χ2v) is 4.38. The molecule has 2 aromatic heterocycles. The van der Waals surface area contributed by atoms with E-state index < -0.39 is 5.97 Å². The van der Waals surface area contributed by atoms with Gasteiger partial charge in [-0.25, -0.2) is 14.5 Å². The molecule has 2 aromatic rings. The van der Waals surface area contributed by atoms with E-state index in [1.54, 1.807) is 10.9 Å². The number of rotatable bonds is 4. The summed E-state index contributed by atoms with van der Waals surface area (Å²) < 4.78 is 1.65. The molecule has 0 spiro atoms. The molecule has 5 heteroatoms. The molecule has 0 aliphatic rings. The van der Waals surface area contributed by atoms with Gasteiger partial charge in [0.25, 0.3) is 0 Å². The number of nitrogens with zero attached hydrogens (tertiary/aromatic N) is 3. The van der Waals surface area contributed by atoms with E-state index in [2.05, 4.69) is 10.1 Å². The largest absolute Gasteiger partial charge is 0.478 e. The Morgan fingerprint density at radius 1 is 1.37 bits per heavy atom. The predicted octanol–water partition coefficient (Wildman–Crippen LogP) is 2.40. The Hall–Kier alpha value is -2.17. The van der Waals surface area contributed by atoms with Crippen molar-refractivity contribution in [2.24, 2.45) is 0 Å². The molecule has 0 unspecified atom stereocenters. The van der Waals surface area contributed by atoms with Gasteiger partial charge in [0.05, 0.1) is 11.4 Å². The highest BCUT2D eigenvalue weighted by molar-refractivity contribution is 5.90. The summed E-state index contributed by atoms with van der Waals surface area (Å²) in [6.07, 6.45) is 2.90. The van der Waals surface area contributed by atoms with Crippen molar-refractivity contribution < 1.29 is 9.90 Å². The molecule has 0 saturated carbocycles. The van der Waals surface area contributed by atoms with Crippen molar-refractivity contribution in [3.63, 3.8) is 0 Å². The molecule has 0 saturated heterocycles. The Bertz CT molecular complexity index is 617. The van der Waals surface area contributed by atoms with Gasteiger partial charge in [0.1, 0.15) is 5.56 Å². The molecule has 0 bridgehead atoms. The summed E-state index contributed by atoms with van der Waals surface area (Å²) in [5.41, 5.74) is 2.68. The van der Waals surface area contributed by atoms with Crippen LogP contribution in [0.15, 0.2) is 18.3 Å². The van der Waals surface area contributed by atoms with Crippen molar-refractivity contribution in [2.75, 3.05) is 0 Å². The molecule has 2 heterocycles. The van der Waals surface area contributed by atoms with E-state index in [0.717, 1.165) is 5.56 Å². The van der Waals surface area contributed by atoms with Gasteiger partial charge in [-0.1, -0.05) is 13.8 Å². The maximum absolute atomic E-state index is 11.4. The fourth-order valence-corrected chi connectivity index (χ4v) is 2.15. The SMILES string of the molecule is CCc1nn(-c2cc(C)ccn2)c(CC)c1C(=O)O. The highest BCUT2D eigenvalue weighted by Crippen LogP contribution is 2.19. The lowest BCUT2D eigenvalue weighted by atomic mass is 10.1. The van der Waals surface area contributed by atoms with Crippen LogP contribution in [-0.4, -0.2) is 25.8 Å². The topological polar surface area (TPSA) is 68.0 Å². The number of aromatic carboxylic acids is 1. The third kappa shape index (κ3) is 2.36. The Kier molecular flexibility index (Phi) is 3.64. The van der Waals surface area contributed by atoms with E-state index in [9.17, 15) is 9.90 Å². The van der Waals surface area contributed by atoms with Crippen LogP contribution in [-0.2, 0) is 12.8 Å². The van der Waals surface area contributed by atoms with Crippen LogP contribution < -0.4 is 0 Å². The Balaban J connectivity index is 2.67. The minimum Gasteiger partial charge on any atom is -0.478 e. The van der Waals surface area contributed by atoms with E-state index in [4.69, 9.17) is 0 Å². The van der Waals surface area contributed by atoms with Gasteiger partial charge >= 0.3 is 5.97 Å². The monoisotopic (exact) mass is 259 g/mol. The summed E-state index contributed by atoms with van der Waals surface area (Å²) in [6, 6.07) is 3.80. The molecular weight excluding hydrogens is 242 g/mol. The summed E-state index contributed by atoms with van der Waals surface area (Å²) in [5.74, 6) is -0.258. The lowest BCUT2D eigenvalue weighted by Crippen LogP contribution is -2.07. The van der Waals surface area contributed by atoms with Crippen LogP contribution in [0.5, 0.6) is 0 Å². The van der Waals surface area contributed by atoms with Crippen LogP contribution in [0, 0.1) is 6.92 Å². The summed E-state index contributed by atoms with van der Waals surface area (Å²) in [4.78, 5) is 15.7. The van der Waals surface area contributed by atoms with Crippen molar-refractivity contribution in [2.45, 2.75) is 33.6 Å². The number of carboxylic acids is 1. The number of aromatic nitrogens is 3. The molecule has 2 rings (SSSR count). The second kappa shape index (κ2) is 5.22. The highest BCUT2D eigenvalue weighted by atomic mass is 16.4. The van der Waals surface area contributed by atoms with Crippen LogP contribution in [0.1, 0.15) is 41.2 Å². The molecule has 1 N–H and O–H groups in total. The maximum Gasteiger partial charge on any atom is 0.339 e. The van der Waals surface area contributed by atoms with Gasteiger partial charge in [0.2, 0.25) is 0 Å². The van der Waals surface area contributed by atoms with Crippen molar-refractivity contribution in [3.05, 3.63) is 40.8 Å². The molecule has 0 atom stereocenters. The first-order valence-electron chi connectivity index (χ1n) is 6.35. The standard InChI is InChI=1S/C14H17N3O2/c1-4-10-13(14(18)19)11(5-2)17(16-10)12-8-9(3)6-7-15-12/h6-8H,4-5H2,1-3H3,(H,18,19). The van der Waals surface area contributed by atoms with E-state index in [1.807, 2.05) is 32.9 Å². The minimum atomic E-state index is -0.924. The van der Waals surface area contributed by atoms with E-state index in [1.165, 1.54) is 0 Å². The first kappa shape index (κ1) is 13.3. The van der Waals surface area contributed by atoms with Crippen LogP contribution in [0.4, 0.5) is 0 Å². The fourth-order valence-electron chi connectivity index (χ4n) is 2.15. The Labute approximate surface area is 111 Å². The van der Waals surface area contributed by atoms with Crippen molar-refractivity contribution in [1.29, 1.82) is 0 Å². The minimum absolute atomic E-state index is 0.313. The molecule has 0 radical (unpaired) electrons. The molecule has 0 amide bonds. The molecule has 5 nitrogen and oxygen atoms in total. The zero-order chi connectivity index (χ0) is 14.0. The number of hydrogen-bond acceptors (Lipinski definition) is 3. The second-order valence-electron chi connectivity index (χ2n) is 4.38. The van der Waals surface area contributed by atoms with Gasteiger partial charge in [-0.2, -0.15) is 5.10 Å². The third-order valence-corrected chi connectivity index (χ3v) is 3.06. The first-order valence-corrected chi connectivity index (χ1v) is 6.35. The van der Waals surface area contributed by atoms with Gasteiger partial charge in [0.15, 0.2) is 5.82 Å². The highest BCUT2D eigenvalue weighted by Gasteiger charge is 2.22. The molecule has 0 aliphatic carbocycles. The molecule has 100 valence electrons. The Morgan fingerprint density at radius 2 is 2.11 bits per heavy atom. The van der Waals surface area contributed by atoms with Gasteiger partial charge in [0, 0.05) is 6.20 Å².